The van der Waals surface area contributed by atoms with Gasteiger partial charge in [-0.05, 0) is 36.8 Å². The molecule has 0 aromatic heterocycles. The van der Waals surface area contributed by atoms with Crippen molar-refractivity contribution in [3.8, 4) is 0 Å². The Morgan fingerprint density at radius 2 is 2.16 bits per heavy atom. The zero-order valence-corrected chi connectivity index (χ0v) is 12.1. The van der Waals surface area contributed by atoms with Gasteiger partial charge in [0, 0.05) is 23.7 Å². The van der Waals surface area contributed by atoms with Crippen molar-refractivity contribution in [1.82, 2.24) is 0 Å². The number of anilines is 1. The van der Waals surface area contributed by atoms with E-state index in [1.165, 1.54) is 6.07 Å². The summed E-state index contributed by atoms with van der Waals surface area (Å²) in [6.07, 6.45) is 3.24. The van der Waals surface area contributed by atoms with Crippen molar-refractivity contribution in [2.24, 2.45) is 11.8 Å². The van der Waals surface area contributed by atoms with E-state index in [0.717, 1.165) is 19.3 Å². The van der Waals surface area contributed by atoms with Gasteiger partial charge in [0.1, 0.15) is 5.69 Å². The molecule has 1 aliphatic carbocycles. The molecular weight excluding hydrogens is 312 g/mol. The van der Waals surface area contributed by atoms with Crippen LogP contribution in [0, 0.1) is 22.0 Å². The Hall–Kier alpha value is -1.14. The molecule has 0 aliphatic heterocycles. The van der Waals surface area contributed by atoms with Gasteiger partial charge >= 0.3 is 0 Å². The van der Waals surface area contributed by atoms with Crippen LogP contribution in [-0.2, 0) is 0 Å². The molecular formula is C13H17BrN2O3. The molecule has 0 radical (unpaired) electrons. The minimum atomic E-state index is -0.384. The monoisotopic (exact) mass is 328 g/mol. The Bertz CT molecular complexity index is 467. The minimum absolute atomic E-state index is 0.0768. The number of nitrogens with zero attached hydrogens (tertiary/aromatic N) is 1. The normalized spacial score (nSPS) is 22.4. The molecule has 2 rings (SSSR count). The second-order valence-electron chi connectivity index (χ2n) is 4.93. The molecule has 1 aliphatic rings. The van der Waals surface area contributed by atoms with Crippen molar-refractivity contribution in [3.63, 3.8) is 0 Å². The van der Waals surface area contributed by atoms with Gasteiger partial charge in [0.25, 0.3) is 5.69 Å². The molecule has 0 spiro atoms. The standard InChI is InChI=1S/C13H17BrN2O3/c14-11-4-5-12(13(6-11)16(18)19)15-7-9-2-1-3-10(9)8-17/h4-6,9-10,15,17H,1-3,7-8H2. The number of halogens is 1. The fraction of sp³-hybridized carbons (Fsp3) is 0.538. The highest BCUT2D eigenvalue weighted by atomic mass is 79.9. The van der Waals surface area contributed by atoms with Gasteiger partial charge in [-0.3, -0.25) is 10.1 Å². The number of nitro groups is 1. The van der Waals surface area contributed by atoms with Crippen LogP contribution in [-0.4, -0.2) is 23.2 Å². The Morgan fingerprint density at radius 3 is 2.84 bits per heavy atom. The van der Waals surface area contributed by atoms with E-state index in [9.17, 15) is 15.2 Å². The van der Waals surface area contributed by atoms with Gasteiger partial charge in [0.2, 0.25) is 0 Å². The highest BCUT2D eigenvalue weighted by molar-refractivity contribution is 9.10. The van der Waals surface area contributed by atoms with E-state index in [1.807, 2.05) is 0 Å². The van der Waals surface area contributed by atoms with Gasteiger partial charge in [0.15, 0.2) is 0 Å². The molecule has 5 nitrogen and oxygen atoms in total. The summed E-state index contributed by atoms with van der Waals surface area (Å²) in [6, 6.07) is 5.00. The number of rotatable bonds is 5. The first kappa shape index (κ1) is 14.3. The van der Waals surface area contributed by atoms with Gasteiger partial charge in [0.05, 0.1) is 4.92 Å². The van der Waals surface area contributed by atoms with Crippen LogP contribution in [0.15, 0.2) is 22.7 Å². The van der Waals surface area contributed by atoms with Crippen molar-refractivity contribution in [3.05, 3.63) is 32.8 Å². The number of nitro benzene ring substituents is 1. The molecule has 0 saturated heterocycles. The lowest BCUT2D eigenvalue weighted by Gasteiger charge is -2.18. The van der Waals surface area contributed by atoms with Gasteiger partial charge in [-0.25, -0.2) is 0 Å². The lowest BCUT2D eigenvalue weighted by Crippen LogP contribution is -2.21. The second-order valence-corrected chi connectivity index (χ2v) is 5.85. The highest BCUT2D eigenvalue weighted by Gasteiger charge is 2.26. The zero-order valence-electron chi connectivity index (χ0n) is 10.5. The van der Waals surface area contributed by atoms with E-state index in [-0.39, 0.29) is 17.2 Å². The number of hydrogen-bond donors (Lipinski definition) is 2. The Morgan fingerprint density at radius 1 is 1.42 bits per heavy atom. The Balaban J connectivity index is 2.05. The van der Waals surface area contributed by atoms with Crippen molar-refractivity contribution >= 4 is 27.3 Å². The largest absolute Gasteiger partial charge is 0.396 e. The van der Waals surface area contributed by atoms with Crippen molar-refractivity contribution in [2.75, 3.05) is 18.5 Å². The van der Waals surface area contributed by atoms with Crippen molar-refractivity contribution in [2.45, 2.75) is 19.3 Å². The van der Waals surface area contributed by atoms with Gasteiger partial charge < -0.3 is 10.4 Å². The zero-order chi connectivity index (χ0) is 13.8. The molecule has 6 heteroatoms. The van der Waals surface area contributed by atoms with Crippen molar-refractivity contribution in [1.29, 1.82) is 0 Å². The smallest absolute Gasteiger partial charge is 0.293 e. The lowest BCUT2D eigenvalue weighted by atomic mass is 9.97. The van der Waals surface area contributed by atoms with Gasteiger partial charge in [-0.2, -0.15) is 0 Å². The maximum Gasteiger partial charge on any atom is 0.293 e. The average Bonchev–Trinajstić information content (AvgIpc) is 2.84. The molecule has 1 saturated carbocycles. The molecule has 0 amide bonds. The summed E-state index contributed by atoms with van der Waals surface area (Å²) in [4.78, 5) is 10.6. The van der Waals surface area contributed by atoms with Crippen LogP contribution < -0.4 is 5.32 Å². The number of hydrogen-bond acceptors (Lipinski definition) is 4. The molecule has 0 bridgehead atoms. The van der Waals surface area contributed by atoms with E-state index in [0.29, 0.717) is 28.5 Å². The highest BCUT2D eigenvalue weighted by Crippen LogP contribution is 2.33. The van der Waals surface area contributed by atoms with Crippen LogP contribution >= 0.6 is 15.9 Å². The summed E-state index contributed by atoms with van der Waals surface area (Å²) in [7, 11) is 0. The average molecular weight is 329 g/mol. The topological polar surface area (TPSA) is 75.4 Å². The van der Waals surface area contributed by atoms with E-state index in [4.69, 9.17) is 0 Å². The van der Waals surface area contributed by atoms with Gasteiger partial charge in [-0.15, -0.1) is 0 Å². The Kier molecular flexibility index (Phi) is 4.76. The maximum absolute atomic E-state index is 11.0. The molecule has 0 heterocycles. The van der Waals surface area contributed by atoms with E-state index in [2.05, 4.69) is 21.2 Å². The Labute approximate surface area is 120 Å². The van der Waals surface area contributed by atoms with E-state index < -0.39 is 0 Å². The van der Waals surface area contributed by atoms with Crippen LogP contribution in [0.5, 0.6) is 0 Å². The van der Waals surface area contributed by atoms with Crippen LogP contribution in [0.2, 0.25) is 0 Å². The maximum atomic E-state index is 11.0. The summed E-state index contributed by atoms with van der Waals surface area (Å²) in [5.41, 5.74) is 0.615. The molecule has 2 unspecified atom stereocenters. The summed E-state index contributed by atoms with van der Waals surface area (Å²) in [5, 5.41) is 23.4. The fourth-order valence-electron chi connectivity index (χ4n) is 2.67. The van der Waals surface area contributed by atoms with E-state index in [1.54, 1.807) is 12.1 Å². The van der Waals surface area contributed by atoms with Gasteiger partial charge in [-0.1, -0.05) is 22.4 Å². The van der Waals surface area contributed by atoms with Crippen molar-refractivity contribution < 1.29 is 10.0 Å². The summed E-state index contributed by atoms with van der Waals surface area (Å²) >= 11 is 3.24. The van der Waals surface area contributed by atoms with Crippen LogP contribution in [0.4, 0.5) is 11.4 Å². The first-order chi connectivity index (χ1) is 9.11. The molecule has 1 aromatic rings. The van der Waals surface area contributed by atoms with Crippen LogP contribution in [0.3, 0.4) is 0 Å². The predicted octanol–water partition coefficient (Wildman–Crippen LogP) is 3.18. The second kappa shape index (κ2) is 6.34. The van der Waals surface area contributed by atoms with E-state index >= 15 is 0 Å². The summed E-state index contributed by atoms with van der Waals surface area (Å²) < 4.78 is 0.693. The van der Waals surface area contributed by atoms with Crippen LogP contribution in [0.1, 0.15) is 19.3 Å². The quantitative estimate of drug-likeness (QED) is 0.643. The van der Waals surface area contributed by atoms with Crippen LogP contribution in [0.25, 0.3) is 0 Å². The molecule has 1 aromatic carbocycles. The molecule has 1 fully saturated rings. The third-order valence-corrected chi connectivity index (χ3v) is 4.26. The minimum Gasteiger partial charge on any atom is -0.396 e. The number of benzene rings is 1. The number of aliphatic hydroxyl groups excluding tert-OH is 1. The SMILES string of the molecule is O=[N+]([O-])c1cc(Br)ccc1NCC1CCCC1CO. The predicted molar refractivity (Wildman–Crippen MR) is 77.2 cm³/mol. The fourth-order valence-corrected chi connectivity index (χ4v) is 3.02. The molecule has 2 N–H and O–H groups in total. The number of nitrogens with one attached hydrogen (secondary N) is 1. The number of aliphatic hydroxyl groups is 1. The molecule has 2 atom stereocenters. The lowest BCUT2D eigenvalue weighted by molar-refractivity contribution is -0.384. The summed E-state index contributed by atoms with van der Waals surface area (Å²) in [6.45, 7) is 0.877. The molecule has 19 heavy (non-hydrogen) atoms. The third-order valence-electron chi connectivity index (χ3n) is 3.76. The third kappa shape index (κ3) is 3.45. The first-order valence-corrected chi connectivity index (χ1v) is 7.19. The molecule has 104 valence electrons. The first-order valence-electron chi connectivity index (χ1n) is 6.40. The summed E-state index contributed by atoms with van der Waals surface area (Å²) in [5.74, 6) is 0.718.